The van der Waals surface area contributed by atoms with E-state index in [0.29, 0.717) is 47.4 Å². The molecule has 2 aliphatic rings. The van der Waals surface area contributed by atoms with Gasteiger partial charge in [0.15, 0.2) is 17.1 Å². The van der Waals surface area contributed by atoms with E-state index in [-0.39, 0.29) is 5.91 Å². The summed E-state index contributed by atoms with van der Waals surface area (Å²) in [6, 6.07) is 11.8. The van der Waals surface area contributed by atoms with Gasteiger partial charge in [-0.15, -0.1) is 0 Å². The number of imidazole rings is 1. The van der Waals surface area contributed by atoms with E-state index in [4.69, 9.17) is 9.47 Å². The summed E-state index contributed by atoms with van der Waals surface area (Å²) in [4.78, 5) is 26.2. The number of nitrogens with zero attached hydrogens (tertiary/aromatic N) is 4. The predicted molar refractivity (Wildman–Crippen MR) is 118 cm³/mol. The van der Waals surface area contributed by atoms with E-state index in [1.807, 2.05) is 47.9 Å². The molecule has 0 spiro atoms. The molecule has 0 unspecified atom stereocenters. The van der Waals surface area contributed by atoms with Crippen LogP contribution in [0.2, 0.25) is 0 Å². The van der Waals surface area contributed by atoms with Crippen LogP contribution in [-0.2, 0) is 0 Å². The second kappa shape index (κ2) is 7.33. The highest BCUT2D eigenvalue weighted by Gasteiger charge is 2.24. The van der Waals surface area contributed by atoms with Crippen molar-refractivity contribution in [2.45, 2.75) is 25.8 Å². The normalized spacial score (nSPS) is 15.0. The lowest BCUT2D eigenvalue weighted by atomic mass is 10.1. The fourth-order valence-corrected chi connectivity index (χ4v) is 3.92. The number of aromatic nitrogens is 4. The zero-order chi connectivity index (χ0) is 21.7. The predicted octanol–water partition coefficient (Wildman–Crippen LogP) is 3.45. The largest absolute Gasteiger partial charge is 0.486 e. The van der Waals surface area contributed by atoms with Gasteiger partial charge in [-0.2, -0.15) is 0 Å². The zero-order valence-electron chi connectivity index (χ0n) is 17.5. The Kier molecular flexibility index (Phi) is 4.31. The van der Waals surface area contributed by atoms with Gasteiger partial charge in [-0.25, -0.2) is 15.0 Å². The highest BCUT2D eigenvalue weighted by atomic mass is 16.6. The van der Waals surface area contributed by atoms with Crippen molar-refractivity contribution in [3.8, 4) is 28.4 Å². The molecule has 0 atom stereocenters. The minimum absolute atomic E-state index is 0.0511. The molecule has 32 heavy (non-hydrogen) atoms. The Morgan fingerprint density at radius 2 is 1.88 bits per heavy atom. The summed E-state index contributed by atoms with van der Waals surface area (Å²) in [5.41, 5.74) is 5.45. The minimum atomic E-state index is -0.0511. The summed E-state index contributed by atoms with van der Waals surface area (Å²) in [5, 5.41) is 3.04. The second-order valence-corrected chi connectivity index (χ2v) is 8.12. The number of rotatable bonds is 4. The fourth-order valence-electron chi connectivity index (χ4n) is 3.92. The van der Waals surface area contributed by atoms with E-state index >= 15 is 0 Å². The van der Waals surface area contributed by atoms with Crippen LogP contribution in [0.25, 0.3) is 28.1 Å². The Labute approximate surface area is 184 Å². The van der Waals surface area contributed by atoms with Crippen molar-refractivity contribution >= 4 is 17.1 Å². The average molecular weight is 427 g/mol. The van der Waals surface area contributed by atoms with Crippen molar-refractivity contribution in [2.75, 3.05) is 13.2 Å². The molecular formula is C24H21N5O3. The number of fused-ring (bicyclic) bond motifs is 2. The maximum Gasteiger partial charge on any atom is 0.251 e. The number of carbonyl (C=O) groups is 1. The Morgan fingerprint density at radius 1 is 1.03 bits per heavy atom. The van der Waals surface area contributed by atoms with E-state index in [1.54, 1.807) is 6.33 Å². The average Bonchev–Trinajstić information content (AvgIpc) is 3.54. The van der Waals surface area contributed by atoms with Crippen LogP contribution in [0, 0.1) is 6.92 Å². The van der Waals surface area contributed by atoms with Crippen molar-refractivity contribution < 1.29 is 14.3 Å². The van der Waals surface area contributed by atoms with E-state index in [9.17, 15) is 4.79 Å². The SMILES string of the molecule is Cc1ccc(C(=O)NC2CC2)cc1-n1cnc2c(-c3ccc4c(c3)OCCO4)ncnc21. The molecule has 3 heterocycles. The Balaban J connectivity index is 1.42. The number of ether oxygens (including phenoxy) is 2. The molecule has 160 valence electrons. The quantitative estimate of drug-likeness (QED) is 0.536. The van der Waals surface area contributed by atoms with Gasteiger partial charge in [-0.3, -0.25) is 9.36 Å². The van der Waals surface area contributed by atoms with Crippen molar-refractivity contribution in [1.29, 1.82) is 0 Å². The van der Waals surface area contributed by atoms with Crippen LogP contribution in [0.3, 0.4) is 0 Å². The molecule has 8 heteroatoms. The lowest BCUT2D eigenvalue weighted by molar-refractivity contribution is 0.0951. The summed E-state index contributed by atoms with van der Waals surface area (Å²) in [5.74, 6) is 1.38. The van der Waals surface area contributed by atoms with Gasteiger partial charge in [0.25, 0.3) is 5.91 Å². The molecule has 1 N–H and O–H groups in total. The highest BCUT2D eigenvalue weighted by molar-refractivity contribution is 5.95. The molecular weight excluding hydrogens is 406 g/mol. The third-order valence-electron chi connectivity index (χ3n) is 5.79. The standard InChI is InChI=1S/C24H21N5O3/c1-14-2-3-16(24(30)28-17-5-6-17)10-18(14)29-13-27-22-21(25-12-26-23(22)29)15-4-7-19-20(11-15)32-9-8-31-19/h2-4,7,10-13,17H,5-6,8-9H2,1H3,(H,28,30). The molecule has 1 aliphatic carbocycles. The highest BCUT2D eigenvalue weighted by Crippen LogP contribution is 2.35. The number of hydrogen-bond donors (Lipinski definition) is 1. The first-order valence-electron chi connectivity index (χ1n) is 10.7. The first-order chi connectivity index (χ1) is 15.7. The number of aryl methyl sites for hydroxylation is 1. The summed E-state index contributed by atoms with van der Waals surface area (Å²) >= 11 is 0. The molecule has 0 bridgehead atoms. The van der Waals surface area contributed by atoms with Gasteiger partial charge < -0.3 is 14.8 Å². The lowest BCUT2D eigenvalue weighted by Gasteiger charge is -2.18. The van der Waals surface area contributed by atoms with Crippen LogP contribution < -0.4 is 14.8 Å². The summed E-state index contributed by atoms with van der Waals surface area (Å²) < 4.78 is 13.3. The molecule has 2 aromatic carbocycles. The van der Waals surface area contributed by atoms with Crippen LogP contribution in [0.4, 0.5) is 0 Å². The zero-order valence-corrected chi connectivity index (χ0v) is 17.5. The van der Waals surface area contributed by atoms with Gasteiger partial charge in [0.1, 0.15) is 37.1 Å². The molecule has 1 saturated carbocycles. The minimum Gasteiger partial charge on any atom is -0.486 e. The number of amides is 1. The molecule has 2 aromatic heterocycles. The number of nitrogens with one attached hydrogen (secondary N) is 1. The van der Waals surface area contributed by atoms with E-state index in [0.717, 1.165) is 35.4 Å². The van der Waals surface area contributed by atoms with Gasteiger partial charge in [0.05, 0.1) is 5.69 Å². The number of benzene rings is 2. The topological polar surface area (TPSA) is 91.2 Å². The van der Waals surface area contributed by atoms with Gasteiger partial charge in [-0.05, 0) is 55.7 Å². The molecule has 0 saturated heterocycles. The molecule has 8 nitrogen and oxygen atoms in total. The Morgan fingerprint density at radius 3 is 2.72 bits per heavy atom. The summed E-state index contributed by atoms with van der Waals surface area (Å²) in [6.07, 6.45) is 5.36. The Hall–Kier alpha value is -3.94. The van der Waals surface area contributed by atoms with Crippen molar-refractivity contribution in [3.05, 3.63) is 60.2 Å². The third-order valence-corrected chi connectivity index (χ3v) is 5.79. The van der Waals surface area contributed by atoms with Crippen LogP contribution in [0.5, 0.6) is 11.5 Å². The summed E-state index contributed by atoms with van der Waals surface area (Å²) in [6.45, 7) is 3.08. The van der Waals surface area contributed by atoms with Crippen LogP contribution >= 0.6 is 0 Å². The van der Waals surface area contributed by atoms with Crippen molar-refractivity contribution in [2.24, 2.45) is 0 Å². The number of carbonyl (C=O) groups excluding carboxylic acids is 1. The van der Waals surface area contributed by atoms with E-state index in [2.05, 4.69) is 20.3 Å². The monoisotopic (exact) mass is 427 g/mol. The fraction of sp³-hybridized carbons (Fsp3) is 0.250. The first kappa shape index (κ1) is 18.8. The third kappa shape index (κ3) is 3.24. The van der Waals surface area contributed by atoms with Gasteiger partial charge in [-0.1, -0.05) is 6.07 Å². The molecule has 6 rings (SSSR count). The number of hydrogen-bond acceptors (Lipinski definition) is 6. The van der Waals surface area contributed by atoms with Crippen LogP contribution in [0.1, 0.15) is 28.8 Å². The second-order valence-electron chi connectivity index (χ2n) is 8.12. The molecule has 1 amide bonds. The smallest absolute Gasteiger partial charge is 0.251 e. The lowest BCUT2D eigenvalue weighted by Crippen LogP contribution is -2.25. The van der Waals surface area contributed by atoms with E-state index in [1.165, 1.54) is 6.33 Å². The maximum absolute atomic E-state index is 12.6. The van der Waals surface area contributed by atoms with Crippen LogP contribution in [0.15, 0.2) is 49.1 Å². The molecule has 1 aliphatic heterocycles. The maximum atomic E-state index is 12.6. The van der Waals surface area contributed by atoms with Gasteiger partial charge in [0, 0.05) is 17.2 Å². The summed E-state index contributed by atoms with van der Waals surface area (Å²) in [7, 11) is 0. The molecule has 1 fully saturated rings. The van der Waals surface area contributed by atoms with E-state index < -0.39 is 0 Å². The van der Waals surface area contributed by atoms with Gasteiger partial charge in [0.2, 0.25) is 0 Å². The van der Waals surface area contributed by atoms with Crippen molar-refractivity contribution in [1.82, 2.24) is 24.8 Å². The van der Waals surface area contributed by atoms with Gasteiger partial charge >= 0.3 is 0 Å². The molecule has 0 radical (unpaired) electrons. The molecule has 4 aromatic rings. The first-order valence-corrected chi connectivity index (χ1v) is 10.7. The Bertz CT molecular complexity index is 1360. The van der Waals surface area contributed by atoms with Crippen LogP contribution in [-0.4, -0.2) is 44.7 Å². The van der Waals surface area contributed by atoms with Crippen molar-refractivity contribution in [3.63, 3.8) is 0 Å².